The van der Waals surface area contributed by atoms with Crippen LogP contribution < -0.4 is 0 Å². The van der Waals surface area contributed by atoms with Crippen molar-refractivity contribution in [2.24, 2.45) is 0 Å². The molecule has 0 spiro atoms. The summed E-state index contributed by atoms with van der Waals surface area (Å²) in [4.78, 5) is 65.2. The van der Waals surface area contributed by atoms with Gasteiger partial charge in [0.05, 0.1) is 30.4 Å². The molecule has 3 atom stereocenters. The van der Waals surface area contributed by atoms with Crippen LogP contribution in [0.3, 0.4) is 0 Å². The summed E-state index contributed by atoms with van der Waals surface area (Å²) in [6, 6.07) is 35.4. The van der Waals surface area contributed by atoms with Gasteiger partial charge in [0.2, 0.25) is 11.8 Å². The number of rotatable bonds is 13. The fourth-order valence-electron chi connectivity index (χ4n) is 10.3. The third-order valence-electron chi connectivity index (χ3n) is 13.7. The van der Waals surface area contributed by atoms with Gasteiger partial charge in [-0.05, 0) is 97.8 Å². The zero-order valence-electron chi connectivity index (χ0n) is 37.4. The summed E-state index contributed by atoms with van der Waals surface area (Å²) in [6.07, 6.45) is 17.3. The average molecular weight is 880 g/mol. The average Bonchev–Trinajstić information content (AvgIpc) is 4.22. The molecule has 2 amide bonds. The van der Waals surface area contributed by atoms with Crippen molar-refractivity contribution in [3.8, 4) is 33.6 Å². The van der Waals surface area contributed by atoms with E-state index < -0.39 is 5.97 Å². The number of aromatic nitrogens is 4. The van der Waals surface area contributed by atoms with E-state index in [0.717, 1.165) is 116 Å². The minimum absolute atomic E-state index is 0.0667. The third-order valence-corrected chi connectivity index (χ3v) is 13.7. The molecule has 11 nitrogen and oxygen atoms in total. The van der Waals surface area contributed by atoms with Gasteiger partial charge in [-0.3, -0.25) is 14.5 Å². The highest BCUT2D eigenvalue weighted by Crippen LogP contribution is 2.37. The quantitative estimate of drug-likeness (QED) is 0.111. The number of aromatic amines is 2. The van der Waals surface area contributed by atoms with Crippen molar-refractivity contribution in [1.82, 2.24) is 34.6 Å². The first kappa shape index (κ1) is 43.1. The van der Waals surface area contributed by atoms with Crippen molar-refractivity contribution in [3.63, 3.8) is 0 Å². The number of piperidine rings is 1. The van der Waals surface area contributed by atoms with Gasteiger partial charge >= 0.3 is 5.97 Å². The predicted octanol–water partition coefficient (Wildman–Crippen LogP) is 10.2. The lowest BCUT2D eigenvalue weighted by molar-refractivity contribution is -0.137. The number of ether oxygens (including phenoxy) is 1. The molecule has 3 fully saturated rings. The van der Waals surface area contributed by atoms with E-state index in [0.29, 0.717) is 24.5 Å². The topological polar surface area (TPSA) is 128 Å². The van der Waals surface area contributed by atoms with Crippen LogP contribution in [-0.4, -0.2) is 84.6 Å². The van der Waals surface area contributed by atoms with Gasteiger partial charge in [-0.2, -0.15) is 0 Å². The standard InChI is InChI=1S/C55H57N7O4/c63-48(35-38-15-5-1-6-16-38)61-33-13-21-46(61)52-56-36-45(57-52)42-27-23-40(24-28-42)41-25-29-43(30-26-41)49-50(55(65)66-37-39-17-7-2-8-18-39)59-53(58-49)47-22-14-34-62(47)54(64)51(44-19-9-3-10-20-44)60-31-11-4-12-32-60/h1-3,5-9,15-19,23-30,36,46-47,51H,4,10-14,20-22,31-35,37H2,(H,56,57)(H,58,59)/t46-,47-,51+/m0/s1. The van der Waals surface area contributed by atoms with Gasteiger partial charge < -0.3 is 24.5 Å². The van der Waals surface area contributed by atoms with Crippen LogP contribution in [0.1, 0.15) is 103 Å². The Balaban J connectivity index is 0.879. The first-order chi connectivity index (χ1) is 32.5. The summed E-state index contributed by atoms with van der Waals surface area (Å²) in [7, 11) is 0. The molecule has 2 aromatic heterocycles. The van der Waals surface area contributed by atoms with Crippen LogP contribution in [0.25, 0.3) is 33.6 Å². The largest absolute Gasteiger partial charge is 0.456 e. The fraction of sp³-hybridized carbons (Fsp3) is 0.327. The van der Waals surface area contributed by atoms with Crippen LogP contribution in [0.2, 0.25) is 0 Å². The number of benzene rings is 4. The number of nitrogens with one attached hydrogen (secondary N) is 2. The summed E-state index contributed by atoms with van der Waals surface area (Å²) in [5, 5.41) is 0. The van der Waals surface area contributed by atoms with E-state index in [4.69, 9.17) is 14.7 Å². The van der Waals surface area contributed by atoms with Crippen molar-refractivity contribution in [1.29, 1.82) is 0 Å². The van der Waals surface area contributed by atoms with Gasteiger partial charge in [-0.15, -0.1) is 0 Å². The van der Waals surface area contributed by atoms with Crippen LogP contribution in [0.5, 0.6) is 0 Å². The number of amides is 2. The number of carbonyl (C=O) groups is 3. The molecule has 336 valence electrons. The molecule has 0 radical (unpaired) electrons. The number of imidazole rings is 2. The second-order valence-electron chi connectivity index (χ2n) is 18.0. The van der Waals surface area contributed by atoms with Gasteiger partial charge in [0.15, 0.2) is 5.69 Å². The highest BCUT2D eigenvalue weighted by atomic mass is 16.5. The molecule has 6 aromatic rings. The van der Waals surface area contributed by atoms with Crippen molar-refractivity contribution < 1.29 is 19.1 Å². The molecule has 3 saturated heterocycles. The van der Waals surface area contributed by atoms with Gasteiger partial charge in [0.25, 0.3) is 0 Å². The molecule has 3 aliphatic heterocycles. The predicted molar refractivity (Wildman–Crippen MR) is 256 cm³/mol. The van der Waals surface area contributed by atoms with Crippen LogP contribution in [0.15, 0.2) is 139 Å². The SMILES string of the molecule is O=C(OCc1ccccc1)c1[nH]c([C@@H]2CCCN2C(=O)[C@@H](C2=CC=CCC2)N2CCCCC2)nc1-c1ccc(-c2ccc(-c3cnc([C@@H]4CCCN4C(=O)Cc4ccccc4)[nH]3)cc2)cc1. The number of hydrogen-bond acceptors (Lipinski definition) is 7. The maximum atomic E-state index is 14.8. The maximum Gasteiger partial charge on any atom is 0.357 e. The Bertz CT molecular complexity index is 2700. The first-order valence-corrected chi connectivity index (χ1v) is 23.8. The van der Waals surface area contributed by atoms with Gasteiger partial charge in [0.1, 0.15) is 30.0 Å². The van der Waals surface area contributed by atoms with Gasteiger partial charge in [-0.25, -0.2) is 14.8 Å². The van der Waals surface area contributed by atoms with E-state index in [1.54, 1.807) is 0 Å². The Kier molecular flexibility index (Phi) is 12.9. The molecular weight excluding hydrogens is 823 g/mol. The lowest BCUT2D eigenvalue weighted by Crippen LogP contribution is -2.51. The van der Waals surface area contributed by atoms with Gasteiger partial charge in [-0.1, -0.05) is 134 Å². The monoisotopic (exact) mass is 879 g/mol. The zero-order chi connectivity index (χ0) is 44.8. The molecule has 0 saturated carbocycles. The first-order valence-electron chi connectivity index (χ1n) is 23.8. The number of allylic oxidation sites excluding steroid dienone is 3. The fourth-order valence-corrected chi connectivity index (χ4v) is 10.3. The van der Waals surface area contributed by atoms with Crippen LogP contribution in [0, 0.1) is 0 Å². The number of esters is 1. The smallest absolute Gasteiger partial charge is 0.357 e. The zero-order valence-corrected chi connectivity index (χ0v) is 37.4. The molecule has 0 bridgehead atoms. The molecular formula is C55H57N7O4. The number of hydrogen-bond donors (Lipinski definition) is 2. The molecule has 5 heterocycles. The van der Waals surface area contributed by atoms with Crippen LogP contribution in [-0.2, 0) is 27.4 Å². The van der Waals surface area contributed by atoms with Crippen molar-refractivity contribution in [2.75, 3.05) is 26.2 Å². The minimum atomic E-state index is -0.491. The summed E-state index contributed by atoms with van der Waals surface area (Å²) in [5.74, 6) is 1.19. The number of carbonyl (C=O) groups excluding carboxylic acids is 3. The third kappa shape index (κ3) is 9.31. The second-order valence-corrected chi connectivity index (χ2v) is 18.0. The van der Waals surface area contributed by atoms with E-state index in [-0.39, 0.29) is 42.2 Å². The Morgan fingerprint density at radius 3 is 1.98 bits per heavy atom. The van der Waals surface area contributed by atoms with E-state index in [9.17, 15) is 14.4 Å². The Hall–Kier alpha value is -6.85. The number of nitrogens with zero attached hydrogens (tertiary/aromatic N) is 5. The van der Waals surface area contributed by atoms with Gasteiger partial charge in [0, 0.05) is 18.7 Å². The lowest BCUT2D eigenvalue weighted by Gasteiger charge is -2.38. The summed E-state index contributed by atoms with van der Waals surface area (Å²) in [6.45, 7) is 3.35. The summed E-state index contributed by atoms with van der Waals surface area (Å²) in [5.41, 5.74) is 8.63. The van der Waals surface area contributed by atoms with E-state index in [2.05, 4.69) is 57.4 Å². The van der Waals surface area contributed by atoms with Crippen molar-refractivity contribution in [2.45, 2.75) is 88.9 Å². The highest BCUT2D eigenvalue weighted by Gasteiger charge is 2.40. The Morgan fingerprint density at radius 2 is 1.30 bits per heavy atom. The molecule has 1 aliphatic carbocycles. The number of H-pyrrole nitrogens is 2. The molecule has 0 unspecified atom stereocenters. The molecule has 66 heavy (non-hydrogen) atoms. The van der Waals surface area contributed by atoms with Crippen LogP contribution >= 0.6 is 0 Å². The molecule has 11 heteroatoms. The van der Waals surface area contributed by atoms with Crippen molar-refractivity contribution >= 4 is 17.8 Å². The van der Waals surface area contributed by atoms with E-state index in [1.807, 2.05) is 101 Å². The summed E-state index contributed by atoms with van der Waals surface area (Å²) < 4.78 is 5.90. The van der Waals surface area contributed by atoms with Crippen molar-refractivity contribution in [3.05, 3.63) is 168 Å². The van der Waals surface area contributed by atoms with E-state index >= 15 is 0 Å². The molecule has 4 aliphatic rings. The second kappa shape index (κ2) is 19.7. The molecule has 2 N–H and O–H groups in total. The Labute approximate surface area is 386 Å². The van der Waals surface area contributed by atoms with Crippen LogP contribution in [0.4, 0.5) is 0 Å². The van der Waals surface area contributed by atoms with E-state index in [1.165, 1.54) is 12.0 Å². The normalized spacial score (nSPS) is 19.2. The minimum Gasteiger partial charge on any atom is -0.456 e. The lowest BCUT2D eigenvalue weighted by atomic mass is 9.93. The highest BCUT2D eigenvalue weighted by molar-refractivity contribution is 5.95. The Morgan fingerprint density at radius 1 is 0.667 bits per heavy atom. The molecule has 4 aromatic carbocycles. The summed E-state index contributed by atoms with van der Waals surface area (Å²) >= 11 is 0. The maximum absolute atomic E-state index is 14.8. The number of likely N-dealkylation sites (tertiary alicyclic amines) is 3. The molecule has 10 rings (SSSR count).